The van der Waals surface area contributed by atoms with E-state index in [-0.39, 0.29) is 5.91 Å². The van der Waals surface area contributed by atoms with Gasteiger partial charge in [0, 0.05) is 29.8 Å². The predicted molar refractivity (Wildman–Crippen MR) is 94.2 cm³/mol. The lowest BCUT2D eigenvalue weighted by atomic mass is 10.1. The molecule has 0 saturated heterocycles. The van der Waals surface area contributed by atoms with Gasteiger partial charge in [0.05, 0.1) is 5.56 Å². The molecule has 0 unspecified atom stereocenters. The van der Waals surface area contributed by atoms with Gasteiger partial charge in [-0.1, -0.05) is 0 Å². The third kappa shape index (κ3) is 2.97. The van der Waals surface area contributed by atoms with Crippen LogP contribution in [0, 0.1) is 6.92 Å². The Hall–Kier alpha value is -3.54. The Morgan fingerprint density at radius 2 is 2.00 bits per heavy atom. The average molecular weight is 330 g/mol. The SMILES string of the molecule is Cc1cc(-c2nc3ncccc3o2)ccc1NC(=O)c1cccnc1. The number of anilines is 1. The number of hydrogen-bond donors (Lipinski definition) is 1. The lowest BCUT2D eigenvalue weighted by Gasteiger charge is -2.09. The minimum Gasteiger partial charge on any atom is -0.434 e. The molecule has 0 spiro atoms. The number of hydrogen-bond acceptors (Lipinski definition) is 5. The van der Waals surface area contributed by atoms with Crippen LogP contribution in [0.3, 0.4) is 0 Å². The maximum atomic E-state index is 12.2. The summed E-state index contributed by atoms with van der Waals surface area (Å²) in [4.78, 5) is 24.8. The highest BCUT2D eigenvalue weighted by atomic mass is 16.3. The van der Waals surface area contributed by atoms with E-state index in [2.05, 4.69) is 20.3 Å². The van der Waals surface area contributed by atoms with E-state index >= 15 is 0 Å². The van der Waals surface area contributed by atoms with Crippen molar-refractivity contribution in [3.63, 3.8) is 0 Å². The smallest absolute Gasteiger partial charge is 0.257 e. The highest BCUT2D eigenvalue weighted by Crippen LogP contribution is 2.27. The number of nitrogens with one attached hydrogen (secondary N) is 1. The molecule has 3 heterocycles. The largest absolute Gasteiger partial charge is 0.434 e. The van der Waals surface area contributed by atoms with Gasteiger partial charge in [0.2, 0.25) is 5.89 Å². The number of benzene rings is 1. The third-order valence-electron chi connectivity index (χ3n) is 3.81. The van der Waals surface area contributed by atoms with E-state index in [0.717, 1.165) is 16.8 Å². The topological polar surface area (TPSA) is 80.9 Å². The van der Waals surface area contributed by atoms with Crippen molar-refractivity contribution in [2.24, 2.45) is 0 Å². The van der Waals surface area contributed by atoms with Gasteiger partial charge in [-0.3, -0.25) is 9.78 Å². The number of carbonyl (C=O) groups excluding carboxylic acids is 1. The van der Waals surface area contributed by atoms with Crippen LogP contribution in [0.4, 0.5) is 5.69 Å². The zero-order chi connectivity index (χ0) is 17.2. The maximum Gasteiger partial charge on any atom is 0.257 e. The summed E-state index contributed by atoms with van der Waals surface area (Å²) in [5.74, 6) is 0.303. The van der Waals surface area contributed by atoms with Crippen LogP contribution in [-0.4, -0.2) is 20.9 Å². The van der Waals surface area contributed by atoms with E-state index in [0.29, 0.717) is 22.7 Å². The van der Waals surface area contributed by atoms with Crippen LogP contribution >= 0.6 is 0 Å². The number of oxazole rings is 1. The van der Waals surface area contributed by atoms with Crippen LogP contribution < -0.4 is 5.32 Å². The number of rotatable bonds is 3. The normalized spacial score (nSPS) is 10.8. The van der Waals surface area contributed by atoms with Crippen LogP contribution in [0.2, 0.25) is 0 Å². The fraction of sp³-hybridized carbons (Fsp3) is 0.0526. The lowest BCUT2D eigenvalue weighted by molar-refractivity contribution is 0.102. The second-order valence-electron chi connectivity index (χ2n) is 5.57. The molecule has 3 aromatic heterocycles. The first-order valence-corrected chi connectivity index (χ1v) is 7.75. The van der Waals surface area contributed by atoms with E-state index in [1.165, 1.54) is 6.20 Å². The highest BCUT2D eigenvalue weighted by Gasteiger charge is 2.12. The number of aromatic nitrogens is 3. The first-order valence-electron chi connectivity index (χ1n) is 7.75. The summed E-state index contributed by atoms with van der Waals surface area (Å²) in [5, 5.41) is 2.89. The van der Waals surface area contributed by atoms with Gasteiger partial charge < -0.3 is 9.73 Å². The minimum absolute atomic E-state index is 0.199. The molecule has 0 radical (unpaired) electrons. The zero-order valence-corrected chi connectivity index (χ0v) is 13.4. The number of carbonyl (C=O) groups is 1. The Morgan fingerprint density at radius 1 is 1.12 bits per heavy atom. The highest BCUT2D eigenvalue weighted by molar-refractivity contribution is 6.04. The monoisotopic (exact) mass is 330 g/mol. The number of amides is 1. The molecule has 0 bridgehead atoms. The molecule has 25 heavy (non-hydrogen) atoms. The third-order valence-corrected chi connectivity index (χ3v) is 3.81. The summed E-state index contributed by atoms with van der Waals surface area (Å²) in [6.45, 7) is 1.92. The molecule has 0 aliphatic heterocycles. The van der Waals surface area contributed by atoms with E-state index in [1.54, 1.807) is 30.6 Å². The molecule has 4 aromatic rings. The van der Waals surface area contributed by atoms with Crippen molar-refractivity contribution >= 4 is 22.8 Å². The summed E-state index contributed by atoms with van der Waals surface area (Å²) in [6, 6.07) is 12.7. The molecule has 0 aliphatic carbocycles. The van der Waals surface area contributed by atoms with Gasteiger partial charge in [0.25, 0.3) is 5.91 Å². The first-order chi connectivity index (χ1) is 12.2. The number of nitrogens with zero attached hydrogens (tertiary/aromatic N) is 3. The van der Waals surface area contributed by atoms with Crippen molar-refractivity contribution in [1.82, 2.24) is 15.0 Å². The number of aryl methyl sites for hydroxylation is 1. The van der Waals surface area contributed by atoms with Crippen molar-refractivity contribution in [2.45, 2.75) is 6.92 Å². The summed E-state index contributed by atoms with van der Waals surface area (Å²) in [7, 11) is 0. The van der Waals surface area contributed by atoms with E-state index in [1.807, 2.05) is 31.2 Å². The zero-order valence-electron chi connectivity index (χ0n) is 13.4. The molecule has 1 amide bonds. The van der Waals surface area contributed by atoms with Crippen LogP contribution in [-0.2, 0) is 0 Å². The van der Waals surface area contributed by atoms with E-state index < -0.39 is 0 Å². The van der Waals surface area contributed by atoms with Crippen molar-refractivity contribution < 1.29 is 9.21 Å². The first kappa shape index (κ1) is 15.0. The molecule has 0 saturated carbocycles. The van der Waals surface area contributed by atoms with E-state index in [4.69, 9.17) is 4.42 Å². The molecule has 0 atom stereocenters. The summed E-state index contributed by atoms with van der Waals surface area (Å²) >= 11 is 0. The fourth-order valence-electron chi connectivity index (χ4n) is 2.52. The van der Waals surface area contributed by atoms with Crippen LogP contribution in [0.25, 0.3) is 22.7 Å². The summed E-state index contributed by atoms with van der Waals surface area (Å²) in [6.07, 6.45) is 4.84. The Bertz CT molecular complexity index is 1020. The summed E-state index contributed by atoms with van der Waals surface area (Å²) < 4.78 is 5.73. The van der Waals surface area contributed by atoms with Crippen molar-refractivity contribution in [1.29, 1.82) is 0 Å². The van der Waals surface area contributed by atoms with Crippen LogP contribution in [0.15, 0.2) is 65.5 Å². The van der Waals surface area contributed by atoms with Gasteiger partial charge >= 0.3 is 0 Å². The molecule has 0 aliphatic rings. The summed E-state index contributed by atoms with van der Waals surface area (Å²) in [5.41, 5.74) is 4.19. The second-order valence-corrected chi connectivity index (χ2v) is 5.57. The van der Waals surface area contributed by atoms with Crippen molar-refractivity contribution in [2.75, 3.05) is 5.32 Å². The quantitative estimate of drug-likeness (QED) is 0.617. The fourth-order valence-corrected chi connectivity index (χ4v) is 2.52. The van der Waals surface area contributed by atoms with Crippen molar-refractivity contribution in [3.8, 4) is 11.5 Å². The molecule has 1 N–H and O–H groups in total. The molecule has 122 valence electrons. The molecule has 6 nitrogen and oxygen atoms in total. The Labute approximate surface area is 143 Å². The standard InChI is InChI=1S/C19H14N4O2/c1-12-10-13(19-23-17-16(25-19)5-3-9-21-17)6-7-15(12)22-18(24)14-4-2-8-20-11-14/h2-11H,1H3,(H,22,24). The van der Waals surface area contributed by atoms with Gasteiger partial charge in [-0.15, -0.1) is 0 Å². The van der Waals surface area contributed by atoms with Gasteiger partial charge in [0.15, 0.2) is 11.2 Å². The number of fused-ring (bicyclic) bond motifs is 1. The molecular formula is C19H14N4O2. The van der Waals surface area contributed by atoms with Gasteiger partial charge in [0.1, 0.15) is 0 Å². The van der Waals surface area contributed by atoms with Gasteiger partial charge in [-0.05, 0) is 55.0 Å². The molecule has 6 heteroatoms. The van der Waals surface area contributed by atoms with Crippen LogP contribution in [0.5, 0.6) is 0 Å². The molecule has 1 aromatic carbocycles. The van der Waals surface area contributed by atoms with Gasteiger partial charge in [-0.25, -0.2) is 4.98 Å². The van der Waals surface area contributed by atoms with Crippen LogP contribution in [0.1, 0.15) is 15.9 Å². The Balaban J connectivity index is 1.61. The Kier molecular flexibility index (Phi) is 3.70. The minimum atomic E-state index is -0.199. The van der Waals surface area contributed by atoms with Gasteiger partial charge in [-0.2, -0.15) is 4.98 Å². The Morgan fingerprint density at radius 3 is 2.76 bits per heavy atom. The van der Waals surface area contributed by atoms with E-state index in [9.17, 15) is 4.79 Å². The average Bonchev–Trinajstić information content (AvgIpc) is 3.08. The number of pyridine rings is 2. The second kappa shape index (κ2) is 6.16. The maximum absolute atomic E-state index is 12.2. The lowest BCUT2D eigenvalue weighted by Crippen LogP contribution is -2.12. The predicted octanol–water partition coefficient (Wildman–Crippen LogP) is 3.85. The molecular weight excluding hydrogens is 316 g/mol. The van der Waals surface area contributed by atoms with Crippen molar-refractivity contribution in [3.05, 3.63) is 72.2 Å². The molecule has 0 fully saturated rings. The molecule has 4 rings (SSSR count).